The van der Waals surface area contributed by atoms with Gasteiger partial charge in [-0.15, -0.1) is 0 Å². The summed E-state index contributed by atoms with van der Waals surface area (Å²) >= 11 is 0. The number of hydrogen-bond acceptors (Lipinski definition) is 2. The highest BCUT2D eigenvalue weighted by Crippen LogP contribution is 2.19. The number of hydrogen-bond donors (Lipinski definition) is 2. The van der Waals surface area contributed by atoms with E-state index in [1.165, 1.54) is 0 Å². The molecule has 0 fully saturated rings. The molecule has 106 valence electrons. The van der Waals surface area contributed by atoms with Gasteiger partial charge in [-0.1, -0.05) is 43.0 Å². The molecule has 2 aromatic carbocycles. The molecule has 2 N–H and O–H groups in total. The average molecular weight is 276 g/mol. The normalized spacial score (nSPS) is 11.4. The molecule has 2 aromatic rings. The maximum atomic E-state index is 3.68. The Morgan fingerprint density at radius 3 is 2.14 bits per heavy atom. The molecule has 0 atom stereocenters. The zero-order chi connectivity index (χ0) is 14.9. The zero-order valence-corrected chi connectivity index (χ0v) is 12.2. The fraction of sp³-hybridized carbons (Fsp3) is 0.0526. The summed E-state index contributed by atoms with van der Waals surface area (Å²) < 4.78 is 0. The van der Waals surface area contributed by atoms with Crippen LogP contribution in [-0.2, 0) is 0 Å². The van der Waals surface area contributed by atoms with Crippen LogP contribution >= 0.6 is 0 Å². The first-order valence-corrected chi connectivity index (χ1v) is 6.96. The fourth-order valence-electron chi connectivity index (χ4n) is 1.87. The van der Waals surface area contributed by atoms with Crippen molar-refractivity contribution < 1.29 is 0 Å². The van der Waals surface area contributed by atoms with Crippen LogP contribution in [0.25, 0.3) is 0 Å². The molecule has 0 aliphatic carbocycles. The van der Waals surface area contributed by atoms with Crippen LogP contribution in [0, 0.1) is 0 Å². The Labute approximate surface area is 126 Å². The van der Waals surface area contributed by atoms with Crippen molar-refractivity contribution in [3.63, 3.8) is 0 Å². The molecule has 0 bridgehead atoms. The molecular weight excluding hydrogens is 256 g/mol. The largest absolute Gasteiger partial charge is 0.356 e. The number of benzene rings is 2. The SMILES string of the molecule is C=C/C=C\C(=C/C)Nc1ccc(Nc2ccccc2)cc1. The minimum absolute atomic E-state index is 1.04. The van der Waals surface area contributed by atoms with E-state index in [1.54, 1.807) is 6.08 Å². The second-order valence-electron chi connectivity index (χ2n) is 4.53. The van der Waals surface area contributed by atoms with Gasteiger partial charge in [0, 0.05) is 22.8 Å². The summed E-state index contributed by atoms with van der Waals surface area (Å²) in [6.07, 6.45) is 7.69. The number of anilines is 3. The Kier molecular flexibility index (Phi) is 5.41. The van der Waals surface area contributed by atoms with E-state index >= 15 is 0 Å². The van der Waals surface area contributed by atoms with Gasteiger partial charge in [-0.3, -0.25) is 0 Å². The second kappa shape index (κ2) is 7.75. The van der Waals surface area contributed by atoms with Gasteiger partial charge >= 0.3 is 0 Å². The standard InChI is InChI=1S/C19H20N2/c1-3-5-9-16(4-2)20-18-12-14-19(15-13-18)21-17-10-7-6-8-11-17/h3-15,20-21H,1H2,2H3/b9-5-,16-4+. The molecule has 0 radical (unpaired) electrons. The summed E-state index contributed by atoms with van der Waals surface area (Å²) in [4.78, 5) is 0. The molecule has 0 saturated carbocycles. The van der Waals surface area contributed by atoms with Gasteiger partial charge in [-0.25, -0.2) is 0 Å². The summed E-state index contributed by atoms with van der Waals surface area (Å²) in [5, 5.41) is 6.72. The monoisotopic (exact) mass is 276 g/mol. The van der Waals surface area contributed by atoms with Crippen molar-refractivity contribution in [2.45, 2.75) is 6.92 Å². The highest BCUT2D eigenvalue weighted by Gasteiger charge is 1.96. The van der Waals surface area contributed by atoms with Crippen molar-refractivity contribution in [1.29, 1.82) is 0 Å². The van der Waals surface area contributed by atoms with Gasteiger partial charge in [0.05, 0.1) is 0 Å². The molecule has 0 unspecified atom stereocenters. The van der Waals surface area contributed by atoms with E-state index < -0.39 is 0 Å². The lowest BCUT2D eigenvalue weighted by molar-refractivity contribution is 1.44. The fourth-order valence-corrected chi connectivity index (χ4v) is 1.87. The van der Waals surface area contributed by atoms with E-state index in [-0.39, 0.29) is 0 Å². The Hall–Kier alpha value is -2.74. The molecule has 2 nitrogen and oxygen atoms in total. The van der Waals surface area contributed by atoms with E-state index in [0.29, 0.717) is 0 Å². The van der Waals surface area contributed by atoms with Crippen LogP contribution in [0.3, 0.4) is 0 Å². The van der Waals surface area contributed by atoms with E-state index in [1.807, 2.05) is 55.5 Å². The van der Waals surface area contributed by atoms with Gasteiger partial charge in [0.15, 0.2) is 0 Å². The van der Waals surface area contributed by atoms with Crippen LogP contribution in [-0.4, -0.2) is 0 Å². The average Bonchev–Trinajstić information content (AvgIpc) is 2.54. The predicted octanol–water partition coefficient (Wildman–Crippen LogP) is 5.49. The first-order chi connectivity index (χ1) is 10.3. The van der Waals surface area contributed by atoms with E-state index in [0.717, 1.165) is 22.8 Å². The Balaban J connectivity index is 2.02. The van der Waals surface area contributed by atoms with Gasteiger partial charge in [0.2, 0.25) is 0 Å². The van der Waals surface area contributed by atoms with Gasteiger partial charge in [-0.2, -0.15) is 0 Å². The molecule has 0 heterocycles. The Morgan fingerprint density at radius 1 is 0.905 bits per heavy atom. The van der Waals surface area contributed by atoms with E-state index in [2.05, 4.69) is 41.5 Å². The van der Waals surface area contributed by atoms with Crippen LogP contribution in [0.2, 0.25) is 0 Å². The molecule has 0 aliphatic rings. The van der Waals surface area contributed by atoms with Crippen molar-refractivity contribution >= 4 is 17.1 Å². The van der Waals surface area contributed by atoms with Gasteiger partial charge in [0.25, 0.3) is 0 Å². The van der Waals surface area contributed by atoms with Gasteiger partial charge in [-0.05, 0) is 49.4 Å². The molecule has 2 rings (SSSR count). The minimum atomic E-state index is 1.04. The van der Waals surface area contributed by atoms with Crippen LogP contribution in [0.15, 0.2) is 91.2 Å². The van der Waals surface area contributed by atoms with Crippen molar-refractivity contribution in [1.82, 2.24) is 0 Å². The molecule has 0 saturated heterocycles. The molecule has 0 spiro atoms. The molecule has 0 aromatic heterocycles. The first kappa shape index (κ1) is 14.7. The lowest BCUT2D eigenvalue weighted by atomic mass is 10.2. The van der Waals surface area contributed by atoms with Crippen LogP contribution in [0.5, 0.6) is 0 Å². The van der Waals surface area contributed by atoms with Gasteiger partial charge < -0.3 is 10.6 Å². The lowest BCUT2D eigenvalue weighted by Gasteiger charge is -2.09. The van der Waals surface area contributed by atoms with Crippen molar-refractivity contribution in [3.8, 4) is 0 Å². The smallest absolute Gasteiger partial charge is 0.0385 e. The van der Waals surface area contributed by atoms with Crippen LogP contribution in [0.1, 0.15) is 6.92 Å². The van der Waals surface area contributed by atoms with Crippen molar-refractivity contribution in [2.24, 2.45) is 0 Å². The highest BCUT2D eigenvalue weighted by molar-refractivity contribution is 5.63. The predicted molar refractivity (Wildman–Crippen MR) is 92.9 cm³/mol. The van der Waals surface area contributed by atoms with Crippen LogP contribution < -0.4 is 10.6 Å². The third-order valence-corrected chi connectivity index (χ3v) is 2.96. The first-order valence-electron chi connectivity index (χ1n) is 6.96. The maximum Gasteiger partial charge on any atom is 0.0385 e. The second-order valence-corrected chi connectivity index (χ2v) is 4.53. The number of rotatable bonds is 6. The van der Waals surface area contributed by atoms with Crippen molar-refractivity contribution in [3.05, 3.63) is 91.2 Å². The summed E-state index contributed by atoms with van der Waals surface area (Å²) in [6, 6.07) is 18.3. The highest BCUT2D eigenvalue weighted by atomic mass is 14.9. The van der Waals surface area contributed by atoms with Gasteiger partial charge in [0.1, 0.15) is 0 Å². The topological polar surface area (TPSA) is 24.1 Å². The molecule has 0 aliphatic heterocycles. The quantitative estimate of drug-likeness (QED) is 0.682. The number of allylic oxidation sites excluding steroid dienone is 4. The summed E-state index contributed by atoms with van der Waals surface area (Å²) in [5.41, 5.74) is 4.24. The third-order valence-electron chi connectivity index (χ3n) is 2.96. The molecule has 21 heavy (non-hydrogen) atoms. The van der Waals surface area contributed by atoms with E-state index in [4.69, 9.17) is 0 Å². The minimum Gasteiger partial charge on any atom is -0.356 e. The number of nitrogens with one attached hydrogen (secondary N) is 2. The van der Waals surface area contributed by atoms with Crippen molar-refractivity contribution in [2.75, 3.05) is 10.6 Å². The summed E-state index contributed by atoms with van der Waals surface area (Å²) in [5.74, 6) is 0. The van der Waals surface area contributed by atoms with Crippen LogP contribution in [0.4, 0.5) is 17.1 Å². The summed E-state index contributed by atoms with van der Waals surface area (Å²) in [6.45, 7) is 5.68. The zero-order valence-electron chi connectivity index (χ0n) is 12.2. The Bertz CT molecular complexity index is 622. The number of para-hydroxylation sites is 1. The lowest BCUT2D eigenvalue weighted by Crippen LogP contribution is -1.96. The third kappa shape index (κ3) is 4.69. The molecule has 2 heteroatoms. The van der Waals surface area contributed by atoms with E-state index in [9.17, 15) is 0 Å². The molecule has 0 amide bonds. The molecular formula is C19H20N2. The summed E-state index contributed by atoms with van der Waals surface area (Å²) in [7, 11) is 0. The Morgan fingerprint density at radius 2 is 1.52 bits per heavy atom. The maximum absolute atomic E-state index is 3.68.